The van der Waals surface area contributed by atoms with Gasteiger partial charge >= 0.3 is 5.97 Å². The highest BCUT2D eigenvalue weighted by atomic mass is 32.1. The molecule has 14 nitrogen and oxygen atoms in total. The molecule has 58 heavy (non-hydrogen) atoms. The van der Waals surface area contributed by atoms with Crippen LogP contribution in [-0.4, -0.2) is 133 Å². The lowest BCUT2D eigenvalue weighted by Gasteiger charge is -2.41. The Morgan fingerprint density at radius 2 is 1.60 bits per heavy atom. The highest BCUT2D eigenvalue weighted by Gasteiger charge is 2.43. The number of thiazole rings is 1. The molecular formula is C43H68N6O8S. The van der Waals surface area contributed by atoms with Gasteiger partial charge in [0.1, 0.15) is 11.0 Å². The molecule has 324 valence electrons. The second-order valence-electron chi connectivity index (χ2n) is 16.6. The number of hydrogen-bond donors (Lipinski definition) is 3. The number of methoxy groups -OCH3 is 2. The fourth-order valence-electron chi connectivity index (χ4n) is 8.31. The molecule has 1 unspecified atom stereocenters. The van der Waals surface area contributed by atoms with Crippen molar-refractivity contribution in [3.63, 3.8) is 0 Å². The molecule has 3 N–H and O–H groups in total. The highest BCUT2D eigenvalue weighted by Crippen LogP contribution is 2.31. The minimum atomic E-state index is -1.14. The summed E-state index contributed by atoms with van der Waals surface area (Å²) in [5.74, 6) is -2.94. The number of amides is 4. The van der Waals surface area contributed by atoms with Crippen molar-refractivity contribution in [2.24, 2.45) is 23.7 Å². The third-order valence-electron chi connectivity index (χ3n) is 11.6. The summed E-state index contributed by atoms with van der Waals surface area (Å²) in [6.45, 7) is 14.1. The average Bonchev–Trinajstić information content (AvgIpc) is 3.87. The first-order chi connectivity index (χ1) is 27.4. The van der Waals surface area contributed by atoms with Gasteiger partial charge in [-0.15, -0.1) is 11.3 Å². The van der Waals surface area contributed by atoms with Crippen LogP contribution >= 0.6 is 11.3 Å². The largest absolute Gasteiger partial charge is 0.476 e. The smallest absolute Gasteiger partial charge is 0.355 e. The first-order valence-electron chi connectivity index (χ1n) is 20.5. The summed E-state index contributed by atoms with van der Waals surface area (Å²) in [5.41, 5.74) is 0.870. The van der Waals surface area contributed by atoms with E-state index in [1.165, 1.54) is 16.7 Å². The van der Waals surface area contributed by atoms with Gasteiger partial charge < -0.3 is 35.0 Å². The van der Waals surface area contributed by atoms with Gasteiger partial charge in [-0.1, -0.05) is 85.2 Å². The van der Waals surface area contributed by atoms with Gasteiger partial charge in [0.25, 0.3) is 0 Å². The second-order valence-corrected chi connectivity index (χ2v) is 17.5. The van der Waals surface area contributed by atoms with Crippen LogP contribution in [0, 0.1) is 23.7 Å². The topological polar surface area (TPSA) is 171 Å². The number of hydrogen-bond acceptors (Lipinski definition) is 10. The molecule has 0 radical (unpaired) electrons. The lowest BCUT2D eigenvalue weighted by molar-refractivity contribution is -0.148. The molecule has 3 rings (SSSR count). The van der Waals surface area contributed by atoms with E-state index in [0.717, 1.165) is 18.4 Å². The molecule has 2 aromatic rings. The minimum Gasteiger partial charge on any atom is -0.476 e. The SMILES string of the molecule is CC[C@H](C)[C@@H]([C@@H](CC(=O)N1CCC[C@H]1[C@H](OC)[C@@H](C)C(=O)N[C@@H](Cc1ccccc1)c1nc(C(=O)O)cs1)OC)N(C)C(=O)[C@@H](NC(=O)C(C(C)C)N(C)C)C(C)C. The van der Waals surface area contributed by atoms with Gasteiger partial charge in [-0.2, -0.15) is 0 Å². The van der Waals surface area contributed by atoms with Crippen LogP contribution in [0.1, 0.15) is 101 Å². The van der Waals surface area contributed by atoms with Gasteiger partial charge in [0, 0.05) is 33.2 Å². The number of nitrogens with one attached hydrogen (secondary N) is 2. The van der Waals surface area contributed by atoms with E-state index >= 15 is 0 Å². The summed E-state index contributed by atoms with van der Waals surface area (Å²) >= 11 is 1.18. The molecule has 1 fully saturated rings. The number of carbonyl (C=O) groups is 5. The number of rotatable bonds is 22. The number of carboxylic acid groups (broad SMARTS) is 1. The highest BCUT2D eigenvalue weighted by molar-refractivity contribution is 7.09. The summed E-state index contributed by atoms with van der Waals surface area (Å²) in [6.07, 6.45) is 1.19. The first kappa shape index (κ1) is 48.4. The lowest BCUT2D eigenvalue weighted by atomic mass is 9.89. The Kier molecular flexibility index (Phi) is 18.8. The summed E-state index contributed by atoms with van der Waals surface area (Å²) in [4.78, 5) is 77.3. The molecule has 0 bridgehead atoms. The number of carboxylic acids is 1. The van der Waals surface area contributed by atoms with E-state index in [2.05, 4.69) is 15.6 Å². The zero-order chi connectivity index (χ0) is 43.4. The number of likely N-dealkylation sites (N-methyl/N-ethyl adjacent to an activating group) is 2. The summed E-state index contributed by atoms with van der Waals surface area (Å²) in [5, 5.41) is 17.6. The normalized spacial score (nSPS) is 18.6. The number of ether oxygens (including phenoxy) is 2. The van der Waals surface area contributed by atoms with E-state index in [-0.39, 0.29) is 53.5 Å². The van der Waals surface area contributed by atoms with E-state index in [9.17, 15) is 29.1 Å². The molecule has 15 heteroatoms. The van der Waals surface area contributed by atoms with Gasteiger partial charge in [-0.3, -0.25) is 24.1 Å². The Bertz CT molecular complexity index is 1650. The van der Waals surface area contributed by atoms with Crippen molar-refractivity contribution < 1.29 is 38.6 Å². The van der Waals surface area contributed by atoms with Crippen LogP contribution in [0.2, 0.25) is 0 Å². The quantitative estimate of drug-likeness (QED) is 0.149. The van der Waals surface area contributed by atoms with E-state index in [4.69, 9.17) is 9.47 Å². The molecule has 1 aromatic carbocycles. The molecule has 0 spiro atoms. The molecule has 1 aliphatic heterocycles. The Labute approximate surface area is 349 Å². The van der Waals surface area contributed by atoms with Gasteiger partial charge in [0.2, 0.25) is 23.6 Å². The lowest BCUT2D eigenvalue weighted by Crippen LogP contribution is -2.59. The van der Waals surface area contributed by atoms with E-state index < -0.39 is 54.3 Å². The van der Waals surface area contributed by atoms with Crippen LogP contribution in [0.4, 0.5) is 0 Å². The Morgan fingerprint density at radius 1 is 0.948 bits per heavy atom. The Hall–Kier alpha value is -3.92. The molecule has 4 amide bonds. The maximum Gasteiger partial charge on any atom is 0.355 e. The summed E-state index contributed by atoms with van der Waals surface area (Å²) in [6, 6.07) is 6.95. The van der Waals surface area contributed by atoms with Crippen LogP contribution in [0.15, 0.2) is 35.7 Å². The van der Waals surface area contributed by atoms with Crippen molar-refractivity contribution in [2.75, 3.05) is 41.9 Å². The van der Waals surface area contributed by atoms with Crippen molar-refractivity contribution in [2.45, 2.75) is 123 Å². The van der Waals surface area contributed by atoms with Crippen molar-refractivity contribution in [3.8, 4) is 0 Å². The third-order valence-corrected chi connectivity index (χ3v) is 12.5. The number of nitrogens with zero attached hydrogens (tertiary/aromatic N) is 4. The minimum absolute atomic E-state index is 0.000499. The van der Waals surface area contributed by atoms with Crippen molar-refractivity contribution >= 4 is 40.9 Å². The van der Waals surface area contributed by atoms with Crippen molar-refractivity contribution in [3.05, 3.63) is 52.0 Å². The maximum atomic E-state index is 14.3. The fourth-order valence-corrected chi connectivity index (χ4v) is 9.15. The van der Waals surface area contributed by atoms with Crippen LogP contribution in [0.5, 0.6) is 0 Å². The fraction of sp³-hybridized carbons (Fsp3) is 0.674. The number of aromatic nitrogens is 1. The van der Waals surface area contributed by atoms with Crippen molar-refractivity contribution in [1.82, 2.24) is 30.3 Å². The first-order valence-corrected chi connectivity index (χ1v) is 21.4. The monoisotopic (exact) mass is 828 g/mol. The van der Waals surface area contributed by atoms with Gasteiger partial charge in [-0.25, -0.2) is 9.78 Å². The molecule has 0 aliphatic carbocycles. The van der Waals surface area contributed by atoms with Crippen LogP contribution in [0.3, 0.4) is 0 Å². The van der Waals surface area contributed by atoms with E-state index in [1.807, 2.05) is 90.9 Å². The zero-order valence-electron chi connectivity index (χ0n) is 36.6. The van der Waals surface area contributed by atoms with Gasteiger partial charge in [-0.05, 0) is 56.7 Å². The Balaban J connectivity index is 1.82. The number of carbonyl (C=O) groups excluding carboxylic acids is 4. The molecule has 1 aromatic heterocycles. The molecule has 2 heterocycles. The predicted octanol–water partition coefficient (Wildman–Crippen LogP) is 4.89. The van der Waals surface area contributed by atoms with Crippen LogP contribution in [0.25, 0.3) is 0 Å². The second kappa shape index (κ2) is 22.5. The Morgan fingerprint density at radius 3 is 2.12 bits per heavy atom. The molecule has 1 aliphatic rings. The molecule has 0 saturated carbocycles. The van der Waals surface area contributed by atoms with Crippen molar-refractivity contribution in [1.29, 1.82) is 0 Å². The van der Waals surface area contributed by atoms with Gasteiger partial charge in [0.15, 0.2) is 5.69 Å². The van der Waals surface area contributed by atoms with E-state index in [0.29, 0.717) is 24.4 Å². The standard InChI is InChI=1S/C43H68N6O8S/c1-13-27(6)37(48(10)42(53)35(25(2)3)46-40(52)36(26(4)5)47(8)9)33(56-11)23-34(50)49-21-17-20-32(49)38(57-12)28(7)39(51)44-30(22-29-18-15-14-16-19-29)41-45-31(24-58-41)43(54)55/h14-16,18-19,24-28,30,32-33,35-38H,13,17,20-23H2,1-12H3,(H,44,51)(H,46,52)(H,54,55)/t27-,28+,30-,32-,33+,35-,36?,37-,38+/m0/s1. The molecule has 9 atom stereocenters. The van der Waals surface area contributed by atoms with Gasteiger partial charge in [0.05, 0.1) is 48.7 Å². The maximum absolute atomic E-state index is 14.3. The summed E-state index contributed by atoms with van der Waals surface area (Å²) < 4.78 is 12.0. The number of aromatic carboxylic acids is 1. The predicted molar refractivity (Wildman–Crippen MR) is 225 cm³/mol. The summed E-state index contributed by atoms with van der Waals surface area (Å²) in [7, 11) is 8.52. The molecular weight excluding hydrogens is 761 g/mol. The van der Waals surface area contributed by atoms with Crippen LogP contribution < -0.4 is 10.6 Å². The average molecular weight is 829 g/mol. The number of likely N-dealkylation sites (tertiary alicyclic amines) is 1. The molecule has 1 saturated heterocycles. The van der Waals surface area contributed by atoms with Crippen LogP contribution in [-0.2, 0) is 35.1 Å². The number of benzene rings is 1. The zero-order valence-corrected chi connectivity index (χ0v) is 37.4. The van der Waals surface area contributed by atoms with E-state index in [1.54, 1.807) is 38.0 Å². The third kappa shape index (κ3) is 12.3.